The number of nitrogens with zero attached hydrogens (tertiary/aromatic N) is 2. The molecule has 0 aliphatic carbocycles. The first kappa shape index (κ1) is 15.1. The fraction of sp³-hybridized carbons (Fsp3) is 0.667. The van der Waals surface area contributed by atoms with Gasteiger partial charge in [-0.25, -0.2) is 0 Å². The lowest BCUT2D eigenvalue weighted by atomic mass is 10.1. The van der Waals surface area contributed by atoms with Crippen LogP contribution >= 0.6 is 0 Å². The monoisotopic (exact) mass is 249 g/mol. The Balaban J connectivity index is 2.35. The van der Waals surface area contributed by atoms with Crippen molar-refractivity contribution in [3.05, 3.63) is 30.1 Å². The summed E-state index contributed by atoms with van der Waals surface area (Å²) in [5.74, 6) is 0. The van der Waals surface area contributed by atoms with Crippen LogP contribution in [0.5, 0.6) is 0 Å². The summed E-state index contributed by atoms with van der Waals surface area (Å²) in [7, 11) is 2.21. The SMILES string of the molecule is CCC(CNC(C)C)N(C)CCc1ccccn1. The van der Waals surface area contributed by atoms with E-state index in [0.29, 0.717) is 12.1 Å². The van der Waals surface area contributed by atoms with Crippen molar-refractivity contribution in [2.75, 3.05) is 20.1 Å². The van der Waals surface area contributed by atoms with Crippen LogP contribution in [0.15, 0.2) is 24.4 Å². The minimum absolute atomic E-state index is 0.559. The minimum Gasteiger partial charge on any atom is -0.313 e. The van der Waals surface area contributed by atoms with Gasteiger partial charge in [-0.05, 0) is 25.6 Å². The molecule has 0 fully saturated rings. The van der Waals surface area contributed by atoms with E-state index in [1.807, 2.05) is 12.3 Å². The molecule has 0 saturated carbocycles. The van der Waals surface area contributed by atoms with Crippen LogP contribution in [-0.4, -0.2) is 42.1 Å². The summed E-state index contributed by atoms with van der Waals surface area (Å²) in [5.41, 5.74) is 1.18. The van der Waals surface area contributed by atoms with Crippen LogP contribution in [0, 0.1) is 0 Å². The number of likely N-dealkylation sites (N-methyl/N-ethyl adjacent to an activating group) is 1. The molecule has 3 heteroatoms. The van der Waals surface area contributed by atoms with Gasteiger partial charge in [0.1, 0.15) is 0 Å². The Bertz CT molecular complexity index is 311. The van der Waals surface area contributed by atoms with Crippen molar-refractivity contribution in [3.63, 3.8) is 0 Å². The maximum atomic E-state index is 4.37. The predicted molar refractivity (Wildman–Crippen MR) is 77.8 cm³/mol. The maximum absolute atomic E-state index is 4.37. The van der Waals surface area contributed by atoms with E-state index >= 15 is 0 Å². The number of nitrogens with one attached hydrogen (secondary N) is 1. The molecule has 0 radical (unpaired) electrons. The number of hydrogen-bond acceptors (Lipinski definition) is 3. The summed E-state index contributed by atoms with van der Waals surface area (Å²) in [4.78, 5) is 6.80. The first-order chi connectivity index (χ1) is 8.63. The Labute approximate surface area is 112 Å². The van der Waals surface area contributed by atoms with Crippen molar-refractivity contribution in [1.29, 1.82) is 0 Å². The second kappa shape index (κ2) is 8.22. The number of aromatic nitrogens is 1. The van der Waals surface area contributed by atoms with Crippen molar-refractivity contribution in [1.82, 2.24) is 15.2 Å². The molecule has 0 amide bonds. The van der Waals surface area contributed by atoms with Crippen molar-refractivity contribution >= 4 is 0 Å². The van der Waals surface area contributed by atoms with Crippen LogP contribution in [0.3, 0.4) is 0 Å². The second-order valence-electron chi connectivity index (χ2n) is 5.18. The highest BCUT2D eigenvalue weighted by Gasteiger charge is 2.12. The van der Waals surface area contributed by atoms with E-state index in [0.717, 1.165) is 19.5 Å². The zero-order valence-corrected chi connectivity index (χ0v) is 12.2. The fourth-order valence-corrected chi connectivity index (χ4v) is 2.00. The van der Waals surface area contributed by atoms with Crippen LogP contribution in [0.25, 0.3) is 0 Å². The lowest BCUT2D eigenvalue weighted by Crippen LogP contribution is -2.42. The molecular weight excluding hydrogens is 222 g/mol. The molecule has 1 heterocycles. The third-order valence-corrected chi connectivity index (χ3v) is 3.30. The van der Waals surface area contributed by atoms with E-state index < -0.39 is 0 Å². The summed E-state index contributed by atoms with van der Waals surface area (Å²) in [6, 6.07) is 7.29. The molecule has 18 heavy (non-hydrogen) atoms. The zero-order valence-electron chi connectivity index (χ0n) is 12.2. The summed E-state index contributed by atoms with van der Waals surface area (Å²) in [6.07, 6.45) is 4.07. The summed E-state index contributed by atoms with van der Waals surface area (Å²) in [6.45, 7) is 8.77. The Kier molecular flexibility index (Phi) is 6.91. The van der Waals surface area contributed by atoms with E-state index in [9.17, 15) is 0 Å². The molecule has 0 aliphatic rings. The third-order valence-electron chi connectivity index (χ3n) is 3.30. The fourth-order valence-electron chi connectivity index (χ4n) is 2.00. The third kappa shape index (κ3) is 5.61. The first-order valence-electron chi connectivity index (χ1n) is 6.97. The molecule has 0 spiro atoms. The van der Waals surface area contributed by atoms with Crippen LogP contribution in [-0.2, 0) is 6.42 Å². The van der Waals surface area contributed by atoms with Crippen molar-refractivity contribution in [2.45, 2.75) is 45.7 Å². The van der Waals surface area contributed by atoms with Crippen molar-refractivity contribution < 1.29 is 0 Å². The molecule has 0 saturated heterocycles. The normalized spacial score (nSPS) is 13.2. The highest BCUT2D eigenvalue weighted by molar-refractivity contribution is 5.03. The summed E-state index contributed by atoms with van der Waals surface area (Å²) >= 11 is 0. The molecule has 0 aliphatic heterocycles. The predicted octanol–water partition coefficient (Wildman–Crippen LogP) is 2.33. The lowest BCUT2D eigenvalue weighted by Gasteiger charge is -2.28. The van der Waals surface area contributed by atoms with E-state index in [1.165, 1.54) is 12.1 Å². The molecule has 1 N–H and O–H groups in total. The molecule has 1 atom stereocenters. The molecule has 1 aromatic heterocycles. The molecule has 1 unspecified atom stereocenters. The number of hydrogen-bond donors (Lipinski definition) is 1. The van der Waals surface area contributed by atoms with Crippen LogP contribution < -0.4 is 5.32 Å². The van der Waals surface area contributed by atoms with E-state index in [-0.39, 0.29) is 0 Å². The van der Waals surface area contributed by atoms with E-state index in [4.69, 9.17) is 0 Å². The molecule has 0 bridgehead atoms. The lowest BCUT2D eigenvalue weighted by molar-refractivity contribution is 0.228. The van der Waals surface area contributed by atoms with Gasteiger partial charge in [0.2, 0.25) is 0 Å². The largest absolute Gasteiger partial charge is 0.313 e. The Morgan fingerprint density at radius 1 is 1.33 bits per heavy atom. The molecular formula is C15H27N3. The van der Waals surface area contributed by atoms with Crippen molar-refractivity contribution in [2.24, 2.45) is 0 Å². The van der Waals surface area contributed by atoms with Crippen LogP contribution in [0.2, 0.25) is 0 Å². The quantitative estimate of drug-likeness (QED) is 0.766. The van der Waals surface area contributed by atoms with Gasteiger partial charge in [-0.15, -0.1) is 0 Å². The van der Waals surface area contributed by atoms with Gasteiger partial charge in [0, 0.05) is 43.5 Å². The average Bonchev–Trinajstić information content (AvgIpc) is 2.38. The first-order valence-corrected chi connectivity index (χ1v) is 6.97. The summed E-state index contributed by atoms with van der Waals surface area (Å²) < 4.78 is 0. The second-order valence-corrected chi connectivity index (χ2v) is 5.18. The molecule has 102 valence electrons. The molecule has 1 rings (SSSR count). The van der Waals surface area contributed by atoms with Crippen molar-refractivity contribution in [3.8, 4) is 0 Å². The Hall–Kier alpha value is -0.930. The highest BCUT2D eigenvalue weighted by Crippen LogP contribution is 2.03. The molecule has 1 aromatic rings. The van der Waals surface area contributed by atoms with Gasteiger partial charge >= 0.3 is 0 Å². The number of rotatable bonds is 8. The minimum atomic E-state index is 0.559. The van der Waals surface area contributed by atoms with Gasteiger partial charge in [-0.1, -0.05) is 26.8 Å². The summed E-state index contributed by atoms with van der Waals surface area (Å²) in [5, 5.41) is 3.52. The van der Waals surface area contributed by atoms with Gasteiger partial charge < -0.3 is 10.2 Å². The Morgan fingerprint density at radius 2 is 2.11 bits per heavy atom. The van der Waals surface area contributed by atoms with Gasteiger partial charge in [-0.3, -0.25) is 4.98 Å². The zero-order chi connectivity index (χ0) is 13.4. The molecule has 0 aromatic carbocycles. The van der Waals surface area contributed by atoms with E-state index in [1.54, 1.807) is 0 Å². The Morgan fingerprint density at radius 3 is 2.67 bits per heavy atom. The number of pyridine rings is 1. The van der Waals surface area contributed by atoms with Crippen LogP contribution in [0.4, 0.5) is 0 Å². The van der Waals surface area contributed by atoms with Gasteiger partial charge in [0.25, 0.3) is 0 Å². The van der Waals surface area contributed by atoms with Gasteiger partial charge in [0.05, 0.1) is 0 Å². The van der Waals surface area contributed by atoms with Gasteiger partial charge in [0.15, 0.2) is 0 Å². The molecule has 3 nitrogen and oxygen atoms in total. The highest BCUT2D eigenvalue weighted by atomic mass is 15.1. The average molecular weight is 249 g/mol. The van der Waals surface area contributed by atoms with Gasteiger partial charge in [-0.2, -0.15) is 0 Å². The van der Waals surface area contributed by atoms with E-state index in [2.05, 4.69) is 55.2 Å². The smallest absolute Gasteiger partial charge is 0.0416 e. The van der Waals surface area contributed by atoms with Crippen LogP contribution in [0.1, 0.15) is 32.9 Å². The maximum Gasteiger partial charge on any atom is 0.0416 e. The topological polar surface area (TPSA) is 28.2 Å². The standard InChI is InChI=1S/C15H27N3/c1-5-15(12-17-13(2)3)18(4)11-9-14-8-6-7-10-16-14/h6-8,10,13,15,17H,5,9,11-12H2,1-4H3.